The molecule has 118 valence electrons. The summed E-state index contributed by atoms with van der Waals surface area (Å²) in [6.45, 7) is 5.96. The highest BCUT2D eigenvalue weighted by Crippen LogP contribution is 2.23. The number of nitrogens with two attached hydrogens (primary N) is 1. The van der Waals surface area contributed by atoms with Gasteiger partial charge in [-0.2, -0.15) is 0 Å². The van der Waals surface area contributed by atoms with Gasteiger partial charge in [0.25, 0.3) is 5.91 Å². The Kier molecular flexibility index (Phi) is 5.30. The standard InChI is InChI=1S/C13H22N4O3S/c1-13(2,3)10-7-9(8-11(15-4)17-10)12(18)16-5-6-21(14,19)20/h7-8H,5-6H2,1-4H3,(H,15,17)(H,16,18)(H2,14,19,20). The second-order valence-corrected chi connectivity index (χ2v) is 7.48. The predicted molar refractivity (Wildman–Crippen MR) is 82.8 cm³/mol. The number of hydrogen-bond acceptors (Lipinski definition) is 5. The minimum atomic E-state index is -3.59. The van der Waals surface area contributed by atoms with Crippen molar-refractivity contribution in [3.8, 4) is 0 Å². The highest BCUT2D eigenvalue weighted by Gasteiger charge is 2.19. The molecule has 0 radical (unpaired) electrons. The molecule has 4 N–H and O–H groups in total. The van der Waals surface area contributed by atoms with Crippen molar-refractivity contribution in [2.75, 3.05) is 24.7 Å². The first-order chi connectivity index (χ1) is 9.53. The van der Waals surface area contributed by atoms with Gasteiger partial charge in [0.2, 0.25) is 10.0 Å². The Morgan fingerprint density at radius 1 is 1.33 bits per heavy atom. The molecule has 0 aliphatic rings. The number of pyridine rings is 1. The number of carbonyl (C=O) groups excluding carboxylic acids is 1. The first-order valence-corrected chi connectivity index (χ1v) is 8.23. The molecule has 0 unspecified atom stereocenters. The smallest absolute Gasteiger partial charge is 0.251 e. The molecule has 0 atom stereocenters. The number of anilines is 1. The zero-order valence-electron chi connectivity index (χ0n) is 12.7. The van der Waals surface area contributed by atoms with Crippen LogP contribution in [-0.2, 0) is 15.4 Å². The van der Waals surface area contributed by atoms with E-state index in [4.69, 9.17) is 5.14 Å². The summed E-state index contributed by atoms with van der Waals surface area (Å²) in [5, 5.41) is 10.3. The highest BCUT2D eigenvalue weighted by molar-refractivity contribution is 7.89. The Labute approximate surface area is 125 Å². The van der Waals surface area contributed by atoms with Crippen molar-refractivity contribution in [3.05, 3.63) is 23.4 Å². The Balaban J connectivity index is 2.93. The topological polar surface area (TPSA) is 114 Å². The Hall–Kier alpha value is -1.67. The third-order valence-corrected chi connectivity index (χ3v) is 3.56. The van der Waals surface area contributed by atoms with Crippen molar-refractivity contribution in [2.24, 2.45) is 5.14 Å². The summed E-state index contributed by atoms with van der Waals surface area (Å²) in [7, 11) is -1.87. The van der Waals surface area contributed by atoms with E-state index in [1.54, 1.807) is 19.2 Å². The zero-order chi connectivity index (χ0) is 16.3. The van der Waals surface area contributed by atoms with E-state index in [-0.39, 0.29) is 23.6 Å². The summed E-state index contributed by atoms with van der Waals surface area (Å²) in [6.07, 6.45) is 0. The van der Waals surface area contributed by atoms with E-state index >= 15 is 0 Å². The fraction of sp³-hybridized carbons (Fsp3) is 0.538. The van der Waals surface area contributed by atoms with Crippen LogP contribution >= 0.6 is 0 Å². The van der Waals surface area contributed by atoms with Crippen LogP contribution in [0.4, 0.5) is 5.82 Å². The van der Waals surface area contributed by atoms with Gasteiger partial charge in [0, 0.05) is 30.3 Å². The van der Waals surface area contributed by atoms with Gasteiger partial charge in [-0.05, 0) is 12.1 Å². The molecular formula is C13H22N4O3S. The predicted octanol–water partition coefficient (Wildman–Crippen LogP) is 0.439. The largest absolute Gasteiger partial charge is 0.373 e. The molecule has 7 nitrogen and oxygen atoms in total. The van der Waals surface area contributed by atoms with Gasteiger partial charge in [-0.3, -0.25) is 4.79 Å². The molecule has 1 amide bonds. The van der Waals surface area contributed by atoms with Crippen LogP contribution in [0.1, 0.15) is 36.8 Å². The van der Waals surface area contributed by atoms with E-state index in [2.05, 4.69) is 15.6 Å². The van der Waals surface area contributed by atoms with Crippen LogP contribution in [0.2, 0.25) is 0 Å². The monoisotopic (exact) mass is 314 g/mol. The highest BCUT2D eigenvalue weighted by atomic mass is 32.2. The third kappa shape index (κ3) is 5.68. The van der Waals surface area contributed by atoms with E-state index in [0.717, 1.165) is 5.69 Å². The maximum atomic E-state index is 12.1. The lowest BCUT2D eigenvalue weighted by Crippen LogP contribution is -2.31. The quantitative estimate of drug-likeness (QED) is 0.729. The van der Waals surface area contributed by atoms with Crippen molar-refractivity contribution < 1.29 is 13.2 Å². The van der Waals surface area contributed by atoms with Crippen molar-refractivity contribution >= 4 is 21.7 Å². The van der Waals surface area contributed by atoms with Gasteiger partial charge < -0.3 is 10.6 Å². The molecule has 0 saturated heterocycles. The average Bonchev–Trinajstić information content (AvgIpc) is 2.35. The number of hydrogen-bond donors (Lipinski definition) is 3. The van der Waals surface area contributed by atoms with Gasteiger partial charge in [0.05, 0.1) is 5.75 Å². The normalized spacial score (nSPS) is 12.0. The lowest BCUT2D eigenvalue weighted by atomic mass is 9.90. The van der Waals surface area contributed by atoms with Crippen LogP contribution in [-0.4, -0.2) is 38.7 Å². The van der Waals surface area contributed by atoms with Crippen LogP contribution in [0.3, 0.4) is 0 Å². The lowest BCUT2D eigenvalue weighted by molar-refractivity contribution is 0.0956. The molecule has 1 rings (SSSR count). The number of carbonyl (C=O) groups is 1. The summed E-state index contributed by atoms with van der Waals surface area (Å²) in [5.41, 5.74) is 0.988. The molecule has 0 aromatic carbocycles. The van der Waals surface area contributed by atoms with Crippen molar-refractivity contribution in [1.82, 2.24) is 10.3 Å². The SMILES string of the molecule is CNc1cc(C(=O)NCCS(N)(=O)=O)cc(C(C)(C)C)n1. The number of nitrogens with zero attached hydrogens (tertiary/aromatic N) is 1. The molecule has 1 heterocycles. The maximum Gasteiger partial charge on any atom is 0.251 e. The minimum Gasteiger partial charge on any atom is -0.373 e. The number of nitrogens with one attached hydrogen (secondary N) is 2. The summed E-state index contributed by atoms with van der Waals surface area (Å²) in [6, 6.07) is 3.31. The zero-order valence-corrected chi connectivity index (χ0v) is 13.5. The van der Waals surface area contributed by atoms with E-state index in [1.807, 2.05) is 20.8 Å². The van der Waals surface area contributed by atoms with Crippen LogP contribution in [0.5, 0.6) is 0 Å². The first kappa shape index (κ1) is 17.4. The molecule has 0 spiro atoms. The molecule has 1 aromatic rings. The molecule has 1 aromatic heterocycles. The molecular weight excluding hydrogens is 292 g/mol. The number of sulfonamides is 1. The number of primary sulfonamides is 1. The summed E-state index contributed by atoms with van der Waals surface area (Å²) >= 11 is 0. The van der Waals surface area contributed by atoms with E-state index in [9.17, 15) is 13.2 Å². The molecule has 0 bridgehead atoms. The van der Waals surface area contributed by atoms with E-state index in [0.29, 0.717) is 11.4 Å². The van der Waals surface area contributed by atoms with Crippen LogP contribution in [0.25, 0.3) is 0 Å². The Morgan fingerprint density at radius 2 is 1.95 bits per heavy atom. The minimum absolute atomic E-state index is 0.0280. The van der Waals surface area contributed by atoms with Gasteiger partial charge in [0.15, 0.2) is 0 Å². The van der Waals surface area contributed by atoms with Gasteiger partial charge in [-0.15, -0.1) is 0 Å². The summed E-state index contributed by atoms with van der Waals surface area (Å²) in [5.74, 6) is -0.0726. The van der Waals surface area contributed by atoms with Gasteiger partial charge in [-0.1, -0.05) is 20.8 Å². The Morgan fingerprint density at radius 3 is 2.43 bits per heavy atom. The van der Waals surface area contributed by atoms with E-state index < -0.39 is 10.0 Å². The fourth-order valence-corrected chi connectivity index (χ4v) is 1.97. The first-order valence-electron chi connectivity index (χ1n) is 6.52. The number of amides is 1. The number of rotatable bonds is 5. The lowest BCUT2D eigenvalue weighted by Gasteiger charge is -2.19. The second kappa shape index (κ2) is 6.40. The van der Waals surface area contributed by atoms with Crippen molar-refractivity contribution in [1.29, 1.82) is 0 Å². The van der Waals surface area contributed by atoms with Gasteiger partial charge >= 0.3 is 0 Å². The molecule has 8 heteroatoms. The fourth-order valence-electron chi connectivity index (χ4n) is 1.58. The molecule has 0 saturated carbocycles. The average molecular weight is 314 g/mol. The molecule has 0 fully saturated rings. The molecule has 21 heavy (non-hydrogen) atoms. The van der Waals surface area contributed by atoms with Crippen LogP contribution < -0.4 is 15.8 Å². The van der Waals surface area contributed by atoms with Crippen LogP contribution in [0.15, 0.2) is 12.1 Å². The number of aromatic nitrogens is 1. The Bertz CT molecular complexity index is 621. The second-order valence-electron chi connectivity index (χ2n) is 5.75. The maximum absolute atomic E-state index is 12.1. The summed E-state index contributed by atoms with van der Waals surface area (Å²) in [4.78, 5) is 16.5. The molecule has 0 aliphatic heterocycles. The van der Waals surface area contributed by atoms with Gasteiger partial charge in [0.1, 0.15) is 5.82 Å². The van der Waals surface area contributed by atoms with Crippen molar-refractivity contribution in [3.63, 3.8) is 0 Å². The summed E-state index contributed by atoms with van der Waals surface area (Å²) < 4.78 is 21.7. The van der Waals surface area contributed by atoms with Gasteiger partial charge in [-0.25, -0.2) is 18.5 Å². The third-order valence-electron chi connectivity index (χ3n) is 2.78. The molecule has 0 aliphatic carbocycles. The van der Waals surface area contributed by atoms with Crippen molar-refractivity contribution in [2.45, 2.75) is 26.2 Å². The van der Waals surface area contributed by atoms with Crippen LogP contribution in [0, 0.1) is 0 Å². The van der Waals surface area contributed by atoms with E-state index in [1.165, 1.54) is 0 Å².